The average Bonchev–Trinajstić information content (AvgIpc) is 3.22. The molecule has 3 aromatic rings. The number of carbonyl (C=O) groups excluding carboxylic acids is 1. The molecular formula is C20H22N4O3. The molecule has 4 rings (SSSR count). The summed E-state index contributed by atoms with van der Waals surface area (Å²) in [7, 11) is 1.81. The molecule has 1 N–H and O–H groups in total. The van der Waals surface area contributed by atoms with Crippen molar-refractivity contribution < 1.29 is 14.6 Å². The predicted octanol–water partition coefficient (Wildman–Crippen LogP) is 2.43. The predicted molar refractivity (Wildman–Crippen MR) is 99.1 cm³/mol. The van der Waals surface area contributed by atoms with E-state index in [1.165, 1.54) is 5.56 Å². The molecule has 27 heavy (non-hydrogen) atoms. The van der Waals surface area contributed by atoms with Crippen LogP contribution in [0.2, 0.25) is 0 Å². The van der Waals surface area contributed by atoms with Gasteiger partial charge < -0.3 is 9.84 Å². The zero-order chi connectivity index (χ0) is 19.0. The number of aromatic nitrogens is 4. The van der Waals surface area contributed by atoms with Crippen LogP contribution >= 0.6 is 0 Å². The largest absolute Gasteiger partial charge is 0.466 e. The molecule has 2 heterocycles. The zero-order valence-corrected chi connectivity index (χ0v) is 15.4. The second-order valence-electron chi connectivity index (χ2n) is 6.89. The highest BCUT2D eigenvalue weighted by atomic mass is 16.5. The maximum Gasteiger partial charge on any atom is 0.306 e. The third-order valence-electron chi connectivity index (χ3n) is 5.17. The number of hydrogen-bond donors (Lipinski definition) is 1. The van der Waals surface area contributed by atoms with Gasteiger partial charge in [0.15, 0.2) is 0 Å². The molecule has 0 radical (unpaired) electrons. The minimum absolute atomic E-state index is 0.182. The van der Waals surface area contributed by atoms with Crippen molar-refractivity contribution in [2.45, 2.75) is 38.2 Å². The fourth-order valence-electron chi connectivity index (χ4n) is 3.73. The summed E-state index contributed by atoms with van der Waals surface area (Å²) in [5.41, 5.74) is 5.36. The molecule has 2 unspecified atom stereocenters. The maximum atomic E-state index is 12.2. The molecule has 1 aliphatic rings. The Morgan fingerprint density at radius 3 is 3.07 bits per heavy atom. The lowest BCUT2D eigenvalue weighted by Crippen LogP contribution is -2.13. The van der Waals surface area contributed by atoms with Gasteiger partial charge in [-0.05, 0) is 42.5 Å². The third kappa shape index (κ3) is 3.30. The summed E-state index contributed by atoms with van der Waals surface area (Å²) in [6.07, 6.45) is 3.08. The first-order valence-corrected chi connectivity index (χ1v) is 9.18. The number of carbonyl (C=O) groups is 1. The summed E-state index contributed by atoms with van der Waals surface area (Å²) >= 11 is 0. The van der Waals surface area contributed by atoms with Crippen LogP contribution < -0.4 is 0 Å². The van der Waals surface area contributed by atoms with Crippen LogP contribution in [0.4, 0.5) is 0 Å². The molecule has 7 heteroatoms. The van der Waals surface area contributed by atoms with E-state index in [0.717, 1.165) is 40.7 Å². The minimum Gasteiger partial charge on any atom is -0.466 e. The summed E-state index contributed by atoms with van der Waals surface area (Å²) in [6, 6.07) is 7.93. The fourth-order valence-corrected chi connectivity index (χ4v) is 3.73. The lowest BCUT2D eigenvalue weighted by Gasteiger charge is -2.18. The van der Waals surface area contributed by atoms with E-state index >= 15 is 0 Å². The van der Waals surface area contributed by atoms with Gasteiger partial charge in [-0.25, -0.2) is 4.68 Å². The Hall–Kier alpha value is -2.80. The summed E-state index contributed by atoms with van der Waals surface area (Å²) in [5.74, 6) is -0.543. The maximum absolute atomic E-state index is 12.2. The molecule has 0 spiro atoms. The minimum atomic E-state index is -0.446. The van der Waals surface area contributed by atoms with Crippen LogP contribution in [0.1, 0.15) is 54.2 Å². The number of aliphatic hydroxyl groups excluding tert-OH is 1. The van der Waals surface area contributed by atoms with Gasteiger partial charge in [-0.15, -0.1) is 5.10 Å². The first kappa shape index (κ1) is 17.6. The van der Waals surface area contributed by atoms with Crippen LogP contribution in [-0.4, -0.2) is 37.7 Å². The number of hydrogen-bond acceptors (Lipinski definition) is 6. The van der Waals surface area contributed by atoms with E-state index in [1.807, 2.05) is 31.3 Å². The summed E-state index contributed by atoms with van der Waals surface area (Å²) in [4.78, 5) is 16.8. The highest BCUT2D eigenvalue weighted by Gasteiger charge is 2.26. The van der Waals surface area contributed by atoms with Crippen molar-refractivity contribution in [3.05, 3.63) is 52.8 Å². The quantitative estimate of drug-likeness (QED) is 0.698. The second kappa shape index (κ2) is 7.08. The lowest BCUT2D eigenvalue weighted by molar-refractivity contribution is -0.143. The second-order valence-corrected chi connectivity index (χ2v) is 6.89. The molecule has 0 amide bonds. The lowest BCUT2D eigenvalue weighted by atomic mass is 9.89. The van der Waals surface area contributed by atoms with E-state index < -0.39 is 6.10 Å². The van der Waals surface area contributed by atoms with E-state index in [0.29, 0.717) is 6.61 Å². The fraction of sp³-hybridized carbons (Fsp3) is 0.400. The molecule has 0 saturated carbocycles. The smallest absolute Gasteiger partial charge is 0.306 e. The Labute approximate surface area is 157 Å². The molecule has 0 bridgehead atoms. The van der Waals surface area contributed by atoms with Crippen LogP contribution in [0, 0.1) is 0 Å². The van der Waals surface area contributed by atoms with Gasteiger partial charge in [-0.1, -0.05) is 23.4 Å². The van der Waals surface area contributed by atoms with Crippen molar-refractivity contribution in [2.75, 3.05) is 6.61 Å². The van der Waals surface area contributed by atoms with Crippen molar-refractivity contribution in [1.82, 2.24) is 20.0 Å². The highest BCUT2D eigenvalue weighted by molar-refractivity contribution is 5.75. The van der Waals surface area contributed by atoms with E-state index in [-0.39, 0.29) is 18.3 Å². The van der Waals surface area contributed by atoms with Gasteiger partial charge in [0, 0.05) is 13.0 Å². The van der Waals surface area contributed by atoms with Gasteiger partial charge in [0.25, 0.3) is 0 Å². The first-order chi connectivity index (χ1) is 13.1. The van der Waals surface area contributed by atoms with Gasteiger partial charge in [-0.3, -0.25) is 9.78 Å². The normalized spacial score (nSPS) is 17.1. The number of aliphatic hydroxyl groups is 1. The molecule has 2 aromatic heterocycles. The first-order valence-electron chi connectivity index (χ1n) is 9.18. The monoisotopic (exact) mass is 366 g/mol. The number of esters is 1. The number of benzene rings is 1. The van der Waals surface area contributed by atoms with E-state index in [9.17, 15) is 9.90 Å². The third-order valence-corrected chi connectivity index (χ3v) is 5.17. The van der Waals surface area contributed by atoms with E-state index in [2.05, 4.69) is 15.3 Å². The van der Waals surface area contributed by atoms with Crippen LogP contribution in [0.3, 0.4) is 0 Å². The summed E-state index contributed by atoms with van der Waals surface area (Å²) < 4.78 is 6.84. The number of aryl methyl sites for hydroxylation is 2. The van der Waals surface area contributed by atoms with Gasteiger partial charge in [0.05, 0.1) is 31.0 Å². The highest BCUT2D eigenvalue weighted by Crippen LogP contribution is 2.36. The van der Waals surface area contributed by atoms with Crippen molar-refractivity contribution in [3.8, 4) is 0 Å². The topological polar surface area (TPSA) is 90.1 Å². The van der Waals surface area contributed by atoms with Gasteiger partial charge in [0.1, 0.15) is 11.0 Å². The van der Waals surface area contributed by atoms with Gasteiger partial charge in [0.2, 0.25) is 0 Å². The van der Waals surface area contributed by atoms with Gasteiger partial charge in [-0.2, -0.15) is 0 Å². The van der Waals surface area contributed by atoms with Crippen LogP contribution in [0.15, 0.2) is 30.5 Å². The number of ether oxygens (including phenoxy) is 1. The molecule has 1 aromatic carbocycles. The van der Waals surface area contributed by atoms with Crippen molar-refractivity contribution in [1.29, 1.82) is 0 Å². The zero-order valence-electron chi connectivity index (χ0n) is 15.4. The van der Waals surface area contributed by atoms with Crippen molar-refractivity contribution >= 4 is 17.0 Å². The number of pyridine rings is 1. The Morgan fingerprint density at radius 1 is 1.41 bits per heavy atom. The molecule has 7 nitrogen and oxygen atoms in total. The van der Waals surface area contributed by atoms with E-state index in [4.69, 9.17) is 4.74 Å². The average molecular weight is 366 g/mol. The Balaban J connectivity index is 1.76. The summed E-state index contributed by atoms with van der Waals surface area (Å²) in [5, 5.41) is 18.4. The van der Waals surface area contributed by atoms with E-state index in [1.54, 1.807) is 17.8 Å². The van der Waals surface area contributed by atoms with Crippen LogP contribution in [0.25, 0.3) is 11.0 Å². The van der Waals surface area contributed by atoms with Crippen molar-refractivity contribution in [2.24, 2.45) is 7.05 Å². The number of nitrogens with zero attached hydrogens (tertiary/aromatic N) is 4. The van der Waals surface area contributed by atoms with Crippen LogP contribution in [0.5, 0.6) is 0 Å². The molecule has 0 fully saturated rings. The standard InChI is InChI=1S/C20H22N4O3/c1-3-27-20(26)9-14(13-5-4-12-6-7-19(25)15(12)8-13)16-10-17-18(11-21-16)24(2)23-22-17/h4-5,8,10-11,14,19,25H,3,6-7,9H2,1-2H3. The van der Waals surface area contributed by atoms with Crippen LogP contribution in [-0.2, 0) is 23.0 Å². The molecule has 0 saturated heterocycles. The van der Waals surface area contributed by atoms with Gasteiger partial charge >= 0.3 is 5.97 Å². The molecular weight excluding hydrogens is 344 g/mol. The van der Waals surface area contributed by atoms with Crippen molar-refractivity contribution in [3.63, 3.8) is 0 Å². The molecule has 0 aliphatic heterocycles. The molecule has 2 atom stereocenters. The molecule has 1 aliphatic carbocycles. The SMILES string of the molecule is CCOC(=O)CC(c1ccc2c(c1)C(O)CC2)c1cc2nnn(C)c2cn1. The number of fused-ring (bicyclic) bond motifs is 2. The Morgan fingerprint density at radius 2 is 2.26 bits per heavy atom. The summed E-state index contributed by atoms with van der Waals surface area (Å²) in [6.45, 7) is 2.13. The number of rotatable bonds is 5. The Kier molecular flexibility index (Phi) is 4.61. The molecule has 140 valence electrons. The Bertz CT molecular complexity index is 998.